The van der Waals surface area contributed by atoms with E-state index in [1.807, 2.05) is 36.8 Å². The third-order valence-corrected chi connectivity index (χ3v) is 5.29. The van der Waals surface area contributed by atoms with Crippen LogP contribution in [0.5, 0.6) is 5.75 Å². The van der Waals surface area contributed by atoms with E-state index in [0.29, 0.717) is 24.4 Å². The van der Waals surface area contributed by atoms with Gasteiger partial charge < -0.3 is 14.4 Å². The third kappa shape index (κ3) is 5.26. The molecule has 2 N–H and O–H groups in total. The zero-order valence-corrected chi connectivity index (χ0v) is 17.3. The number of hydrogen-bond donors (Lipinski definition) is 2. The summed E-state index contributed by atoms with van der Waals surface area (Å²) in [5.74, 6) is 0.313. The molecule has 2 aromatic rings. The number of nitrogens with one attached hydrogen (secondary N) is 1. The second-order valence-corrected chi connectivity index (χ2v) is 8.22. The molecule has 0 radical (unpaired) electrons. The molecule has 156 valence electrons. The van der Waals surface area contributed by atoms with Crippen LogP contribution in [-0.4, -0.2) is 56.2 Å². The summed E-state index contributed by atoms with van der Waals surface area (Å²) in [7, 11) is -2.82. The summed E-state index contributed by atoms with van der Waals surface area (Å²) in [6.45, 7) is 4.56. The first kappa shape index (κ1) is 21.1. The first-order valence-corrected chi connectivity index (χ1v) is 10.5. The topological polar surface area (TPSA) is 105 Å². The predicted molar refractivity (Wildman–Crippen MR) is 109 cm³/mol. The van der Waals surface area contributed by atoms with Gasteiger partial charge in [-0.05, 0) is 37.6 Å². The average Bonchev–Trinajstić information content (AvgIpc) is 3.05. The molecule has 1 aliphatic rings. The van der Waals surface area contributed by atoms with Gasteiger partial charge in [0.25, 0.3) is 5.91 Å². The zero-order chi connectivity index (χ0) is 21.2. The number of benzene rings is 2. The maximum Gasteiger partial charge on any atom is 0.357 e. The number of likely N-dealkylation sites (tertiary alicyclic amines) is 1. The monoisotopic (exact) mass is 420 g/mol. The van der Waals surface area contributed by atoms with Gasteiger partial charge >= 0.3 is 10.3 Å². The molecule has 1 saturated heterocycles. The van der Waals surface area contributed by atoms with Gasteiger partial charge in [0.2, 0.25) is 0 Å². The van der Waals surface area contributed by atoms with Gasteiger partial charge in [-0.2, -0.15) is 8.42 Å². The molecule has 29 heavy (non-hydrogen) atoms. The third-order valence-electron chi connectivity index (χ3n) is 4.80. The van der Waals surface area contributed by atoms with Gasteiger partial charge in [0.1, 0.15) is 18.0 Å². The van der Waals surface area contributed by atoms with Gasteiger partial charge in [-0.1, -0.05) is 23.8 Å². The Morgan fingerprint density at radius 1 is 1.14 bits per heavy atom. The number of amides is 1. The minimum atomic E-state index is -4.38. The van der Waals surface area contributed by atoms with Crippen LogP contribution in [0.1, 0.15) is 21.5 Å². The maximum absolute atomic E-state index is 13.0. The van der Waals surface area contributed by atoms with E-state index in [1.54, 1.807) is 24.1 Å². The van der Waals surface area contributed by atoms with E-state index in [1.165, 1.54) is 12.1 Å². The van der Waals surface area contributed by atoms with Crippen molar-refractivity contribution < 1.29 is 27.2 Å². The molecule has 2 aromatic carbocycles. The highest BCUT2D eigenvalue weighted by Gasteiger charge is 2.37. The predicted octanol–water partition coefficient (Wildman–Crippen LogP) is 2.44. The van der Waals surface area contributed by atoms with Crippen LogP contribution in [0.25, 0.3) is 0 Å². The van der Waals surface area contributed by atoms with Crippen molar-refractivity contribution in [3.05, 3.63) is 59.2 Å². The summed E-state index contributed by atoms with van der Waals surface area (Å²) in [5, 5.41) is 0. The fourth-order valence-corrected chi connectivity index (χ4v) is 3.77. The molecule has 8 nitrogen and oxygen atoms in total. The molecule has 9 heteroatoms. The summed E-state index contributed by atoms with van der Waals surface area (Å²) in [6.07, 6.45) is -0.752. The minimum absolute atomic E-state index is 0.0823. The molecule has 1 amide bonds. The second-order valence-electron chi connectivity index (χ2n) is 7.06. The molecule has 3 rings (SSSR count). The van der Waals surface area contributed by atoms with Gasteiger partial charge in [0.15, 0.2) is 0 Å². The Hall–Kier alpha value is -2.62. The van der Waals surface area contributed by atoms with E-state index in [4.69, 9.17) is 14.0 Å². The largest absolute Gasteiger partial charge is 0.486 e. The summed E-state index contributed by atoms with van der Waals surface area (Å²) < 4.78 is 44.4. The molecule has 2 atom stereocenters. The van der Waals surface area contributed by atoms with Crippen molar-refractivity contribution in [1.82, 2.24) is 4.90 Å². The summed E-state index contributed by atoms with van der Waals surface area (Å²) in [6, 6.07) is 12.0. The SMILES string of the molecule is CO[C@@H]1CN(C(=O)c2cc(C)ccc2C)C[C@H]1Oc1cccc(NS(=O)(=O)O)c1. The fraction of sp³-hybridized carbons (Fsp3) is 0.350. The Labute approximate surface area is 170 Å². The molecule has 0 unspecified atom stereocenters. The fourth-order valence-electron chi connectivity index (χ4n) is 3.34. The lowest BCUT2D eigenvalue weighted by molar-refractivity contribution is 0.0340. The molecule has 0 spiro atoms. The van der Waals surface area contributed by atoms with Gasteiger partial charge in [-0.3, -0.25) is 14.1 Å². The highest BCUT2D eigenvalue weighted by Crippen LogP contribution is 2.25. The van der Waals surface area contributed by atoms with Crippen LogP contribution in [-0.2, 0) is 15.0 Å². The van der Waals surface area contributed by atoms with Gasteiger partial charge in [0, 0.05) is 18.7 Å². The average molecular weight is 420 g/mol. The Morgan fingerprint density at radius 2 is 1.86 bits per heavy atom. The number of anilines is 1. The minimum Gasteiger partial charge on any atom is -0.486 e. The van der Waals surface area contributed by atoms with Gasteiger partial charge in [-0.25, -0.2) is 0 Å². The van der Waals surface area contributed by atoms with E-state index in [0.717, 1.165) is 11.1 Å². The number of aryl methyl sites for hydroxylation is 2. The number of rotatable bonds is 6. The van der Waals surface area contributed by atoms with E-state index in [2.05, 4.69) is 0 Å². The molecule has 1 fully saturated rings. The number of nitrogens with zero attached hydrogens (tertiary/aromatic N) is 1. The van der Waals surface area contributed by atoms with Crippen molar-refractivity contribution in [2.75, 3.05) is 24.9 Å². The lowest BCUT2D eigenvalue weighted by Crippen LogP contribution is -2.32. The smallest absolute Gasteiger partial charge is 0.357 e. The van der Waals surface area contributed by atoms with Crippen LogP contribution in [0.3, 0.4) is 0 Å². The second kappa shape index (κ2) is 8.40. The molecule has 0 bridgehead atoms. The van der Waals surface area contributed by atoms with Gasteiger partial charge in [0.05, 0.1) is 18.8 Å². The summed E-state index contributed by atoms with van der Waals surface area (Å²) in [4.78, 5) is 14.7. The van der Waals surface area contributed by atoms with Crippen LogP contribution in [0.15, 0.2) is 42.5 Å². The molecule has 1 heterocycles. The van der Waals surface area contributed by atoms with Crippen LogP contribution in [0.2, 0.25) is 0 Å². The van der Waals surface area contributed by atoms with Crippen molar-refractivity contribution >= 4 is 21.9 Å². The maximum atomic E-state index is 13.0. The number of methoxy groups -OCH3 is 1. The van der Waals surface area contributed by atoms with Crippen molar-refractivity contribution in [1.29, 1.82) is 0 Å². The van der Waals surface area contributed by atoms with E-state index < -0.39 is 16.4 Å². The van der Waals surface area contributed by atoms with E-state index in [9.17, 15) is 13.2 Å². The first-order valence-electron chi connectivity index (χ1n) is 9.07. The highest BCUT2D eigenvalue weighted by molar-refractivity contribution is 7.87. The van der Waals surface area contributed by atoms with Crippen LogP contribution in [0, 0.1) is 13.8 Å². The molecule has 0 aromatic heterocycles. The number of hydrogen-bond acceptors (Lipinski definition) is 5. The summed E-state index contributed by atoms with van der Waals surface area (Å²) >= 11 is 0. The van der Waals surface area contributed by atoms with Crippen molar-refractivity contribution in [3.63, 3.8) is 0 Å². The zero-order valence-electron chi connectivity index (χ0n) is 16.5. The Balaban J connectivity index is 1.75. The Kier molecular flexibility index (Phi) is 6.11. The lowest BCUT2D eigenvalue weighted by Gasteiger charge is -2.19. The quantitative estimate of drug-likeness (QED) is 0.696. The highest BCUT2D eigenvalue weighted by atomic mass is 32.2. The van der Waals surface area contributed by atoms with E-state index in [-0.39, 0.29) is 17.7 Å². The van der Waals surface area contributed by atoms with Crippen molar-refractivity contribution in [2.45, 2.75) is 26.1 Å². The molecule has 0 aliphatic carbocycles. The van der Waals surface area contributed by atoms with Gasteiger partial charge in [-0.15, -0.1) is 0 Å². The molecular formula is C20H24N2O6S. The molecular weight excluding hydrogens is 396 g/mol. The molecule has 1 aliphatic heterocycles. The van der Waals surface area contributed by atoms with E-state index >= 15 is 0 Å². The molecule has 0 saturated carbocycles. The van der Waals surface area contributed by atoms with Crippen LogP contribution >= 0.6 is 0 Å². The van der Waals surface area contributed by atoms with Crippen LogP contribution in [0.4, 0.5) is 5.69 Å². The Morgan fingerprint density at radius 3 is 2.55 bits per heavy atom. The van der Waals surface area contributed by atoms with Crippen molar-refractivity contribution in [3.8, 4) is 5.75 Å². The number of carbonyl (C=O) groups excluding carboxylic acids is 1. The lowest BCUT2D eigenvalue weighted by atomic mass is 10.0. The number of carbonyl (C=O) groups is 1. The summed E-state index contributed by atoms with van der Waals surface area (Å²) in [5.41, 5.74) is 2.74. The normalized spacial score (nSPS) is 19.2. The first-order chi connectivity index (χ1) is 13.7. The Bertz CT molecular complexity index is 1010. The van der Waals surface area contributed by atoms with Crippen molar-refractivity contribution in [2.24, 2.45) is 0 Å². The van der Waals surface area contributed by atoms with Crippen LogP contribution < -0.4 is 9.46 Å². The number of ether oxygens (including phenoxy) is 2. The standard InChI is InChI=1S/C20H24N2O6S/c1-13-7-8-14(2)17(9-13)20(23)22-11-18(27-3)19(12-22)28-16-6-4-5-15(10-16)21-29(24,25)26/h4-10,18-19,21H,11-12H2,1-3H3,(H,24,25,26)/t18-,19-/m1/s1.